The molecule has 0 aromatic heterocycles. The fraction of sp³-hybridized carbons (Fsp3) is 0.643. The molecular formula is C28H42N4O6. The lowest BCUT2D eigenvalue weighted by Crippen LogP contribution is -2.68. The molecule has 1 heterocycles. The van der Waals surface area contributed by atoms with E-state index < -0.39 is 58.1 Å². The Bertz CT molecular complexity index is 1050. The van der Waals surface area contributed by atoms with Crippen molar-refractivity contribution in [2.24, 2.45) is 0 Å². The molecule has 1 aromatic carbocycles. The van der Waals surface area contributed by atoms with Crippen molar-refractivity contribution in [3.8, 4) is 0 Å². The molecule has 10 heteroatoms. The lowest BCUT2D eigenvalue weighted by atomic mass is 9.90. The van der Waals surface area contributed by atoms with Crippen molar-refractivity contribution in [3.63, 3.8) is 0 Å². The SMILES string of the molecule is CC1(C)NC(=O)C(C)(C)NC(=O)[C@@](C)(Cc2ccccc2)NO[C@@H]2CCCC[C@H]2OC(=O)C(C)(C)NC1=O. The predicted octanol–water partition coefficient (Wildman–Crippen LogP) is 2.06. The Morgan fingerprint density at radius 3 is 1.79 bits per heavy atom. The number of ether oxygens (including phenoxy) is 1. The lowest BCUT2D eigenvalue weighted by molar-refractivity contribution is -0.181. The van der Waals surface area contributed by atoms with E-state index in [1.807, 2.05) is 30.3 Å². The standard InChI is InChI=1S/C28H42N4O6/c1-25(2)22(34)30-27(5,6)24(36)37-19-15-11-12-16-20(19)38-32-28(7,17-18-13-9-8-10-14-18)23(35)31-26(3,4)21(33)29-25/h8-10,13-14,19-20,32H,11-12,15-17H2,1-7H3,(H,29,33)(H,30,34)(H,31,35)/t19-,20-,28-/m1/s1. The fourth-order valence-corrected chi connectivity index (χ4v) is 4.46. The van der Waals surface area contributed by atoms with Crippen LogP contribution >= 0.6 is 0 Å². The summed E-state index contributed by atoms with van der Waals surface area (Å²) in [5.74, 6) is -2.19. The van der Waals surface area contributed by atoms with Crippen molar-refractivity contribution in [2.45, 2.75) is 115 Å². The van der Waals surface area contributed by atoms with Gasteiger partial charge in [0.05, 0.1) is 0 Å². The van der Waals surface area contributed by atoms with Crippen molar-refractivity contribution in [1.29, 1.82) is 0 Å². The van der Waals surface area contributed by atoms with Crippen LogP contribution in [0.5, 0.6) is 0 Å². The van der Waals surface area contributed by atoms with E-state index in [4.69, 9.17) is 9.57 Å². The van der Waals surface area contributed by atoms with Gasteiger partial charge in [-0.1, -0.05) is 36.8 Å². The number of nitrogens with one attached hydrogen (secondary N) is 4. The zero-order valence-electron chi connectivity index (χ0n) is 23.5. The summed E-state index contributed by atoms with van der Waals surface area (Å²) < 4.78 is 5.85. The Hall–Kier alpha value is -2.98. The van der Waals surface area contributed by atoms with Crippen LogP contribution in [0, 0.1) is 0 Å². The first kappa shape index (κ1) is 29.6. The van der Waals surface area contributed by atoms with E-state index in [1.165, 1.54) is 13.8 Å². The molecule has 2 aliphatic rings. The molecule has 4 N–H and O–H groups in total. The van der Waals surface area contributed by atoms with Crippen molar-refractivity contribution >= 4 is 23.7 Å². The summed E-state index contributed by atoms with van der Waals surface area (Å²) in [5.41, 5.74) is -1.49. The van der Waals surface area contributed by atoms with Crippen molar-refractivity contribution in [3.05, 3.63) is 35.9 Å². The Morgan fingerprint density at radius 1 is 0.711 bits per heavy atom. The molecule has 3 amide bonds. The molecule has 1 aliphatic heterocycles. The number of hydrogen-bond donors (Lipinski definition) is 4. The Balaban J connectivity index is 2.00. The van der Waals surface area contributed by atoms with Gasteiger partial charge >= 0.3 is 5.97 Å². The Morgan fingerprint density at radius 2 is 1.21 bits per heavy atom. The largest absolute Gasteiger partial charge is 0.458 e. The second-order valence-corrected chi connectivity index (χ2v) is 12.2. The molecule has 38 heavy (non-hydrogen) atoms. The number of esters is 1. The molecule has 0 spiro atoms. The number of carbonyl (C=O) groups excluding carboxylic acids is 4. The lowest BCUT2D eigenvalue weighted by Gasteiger charge is -2.39. The average Bonchev–Trinajstić information content (AvgIpc) is 2.82. The third-order valence-electron chi connectivity index (χ3n) is 7.16. The summed E-state index contributed by atoms with van der Waals surface area (Å²) in [4.78, 5) is 59.4. The van der Waals surface area contributed by atoms with Gasteiger partial charge in [-0.2, -0.15) is 5.48 Å². The van der Waals surface area contributed by atoms with Crippen LogP contribution in [0.3, 0.4) is 0 Å². The van der Waals surface area contributed by atoms with Crippen LogP contribution in [-0.4, -0.2) is 58.1 Å². The van der Waals surface area contributed by atoms with Crippen LogP contribution in [0.4, 0.5) is 0 Å². The van der Waals surface area contributed by atoms with E-state index in [2.05, 4.69) is 21.4 Å². The van der Waals surface area contributed by atoms with Gasteiger partial charge < -0.3 is 20.7 Å². The molecule has 1 saturated heterocycles. The third kappa shape index (κ3) is 6.91. The van der Waals surface area contributed by atoms with E-state index >= 15 is 0 Å². The maximum atomic E-state index is 13.7. The summed E-state index contributed by atoms with van der Waals surface area (Å²) in [7, 11) is 0. The van der Waals surface area contributed by atoms with Crippen LogP contribution in [-0.2, 0) is 35.2 Å². The monoisotopic (exact) mass is 530 g/mol. The number of hydroxylamine groups is 1. The van der Waals surface area contributed by atoms with Crippen LogP contribution in [0.25, 0.3) is 0 Å². The summed E-state index contributed by atoms with van der Waals surface area (Å²) in [6.45, 7) is 11.0. The fourth-order valence-electron chi connectivity index (χ4n) is 4.46. The van der Waals surface area contributed by atoms with Crippen LogP contribution < -0.4 is 21.4 Å². The molecule has 210 valence electrons. The Kier molecular flexibility index (Phi) is 8.58. The first-order chi connectivity index (χ1) is 17.6. The third-order valence-corrected chi connectivity index (χ3v) is 7.16. The van der Waals surface area contributed by atoms with Gasteiger partial charge in [-0.05, 0) is 73.3 Å². The molecule has 0 unspecified atom stereocenters. The first-order valence-electron chi connectivity index (χ1n) is 13.2. The average molecular weight is 531 g/mol. The van der Waals surface area contributed by atoms with Gasteiger partial charge in [0.1, 0.15) is 34.4 Å². The van der Waals surface area contributed by atoms with Gasteiger partial charge in [0.15, 0.2) is 0 Å². The summed E-state index contributed by atoms with van der Waals surface area (Å²) in [5, 5.41) is 8.24. The van der Waals surface area contributed by atoms with E-state index in [-0.39, 0.29) is 6.42 Å². The van der Waals surface area contributed by atoms with Gasteiger partial charge in [0.2, 0.25) is 17.7 Å². The topological polar surface area (TPSA) is 135 Å². The number of fused-ring (bicyclic) bond motifs is 1. The molecule has 1 saturated carbocycles. The van der Waals surface area contributed by atoms with Gasteiger partial charge in [0, 0.05) is 6.42 Å². The van der Waals surface area contributed by atoms with Crippen LogP contribution in [0.2, 0.25) is 0 Å². The second-order valence-electron chi connectivity index (χ2n) is 12.2. The minimum absolute atomic E-state index is 0.273. The molecule has 3 rings (SSSR count). The summed E-state index contributed by atoms with van der Waals surface area (Å²) in [6, 6.07) is 9.48. The molecule has 10 nitrogen and oxygen atoms in total. The van der Waals surface area contributed by atoms with Gasteiger partial charge in [-0.25, -0.2) is 4.79 Å². The molecular weight excluding hydrogens is 488 g/mol. The smallest absolute Gasteiger partial charge is 0.331 e. The van der Waals surface area contributed by atoms with E-state index in [0.29, 0.717) is 12.8 Å². The van der Waals surface area contributed by atoms with E-state index in [0.717, 1.165) is 18.4 Å². The van der Waals surface area contributed by atoms with Gasteiger partial charge in [-0.3, -0.25) is 19.2 Å². The zero-order chi connectivity index (χ0) is 28.4. The van der Waals surface area contributed by atoms with Crippen LogP contribution in [0.15, 0.2) is 30.3 Å². The number of rotatable bonds is 2. The van der Waals surface area contributed by atoms with Gasteiger partial charge in [0.25, 0.3) is 0 Å². The van der Waals surface area contributed by atoms with Crippen LogP contribution in [0.1, 0.15) is 79.7 Å². The minimum Gasteiger partial charge on any atom is -0.458 e. The number of amides is 3. The number of hydrogen-bond acceptors (Lipinski definition) is 7. The first-order valence-corrected chi connectivity index (χ1v) is 13.2. The second kappa shape index (κ2) is 11.0. The Labute approximate surface area is 224 Å². The van der Waals surface area contributed by atoms with Crippen molar-refractivity contribution in [1.82, 2.24) is 21.4 Å². The highest BCUT2D eigenvalue weighted by Gasteiger charge is 2.45. The molecule has 0 bridgehead atoms. The van der Waals surface area contributed by atoms with Gasteiger partial charge in [-0.15, -0.1) is 0 Å². The highest BCUT2D eigenvalue weighted by molar-refractivity contribution is 5.98. The summed E-state index contributed by atoms with van der Waals surface area (Å²) in [6.07, 6.45) is 2.18. The molecule has 1 aliphatic carbocycles. The van der Waals surface area contributed by atoms with Crippen molar-refractivity contribution in [2.75, 3.05) is 0 Å². The zero-order valence-corrected chi connectivity index (χ0v) is 23.5. The quantitative estimate of drug-likeness (QED) is 0.430. The number of carbonyl (C=O) groups is 4. The molecule has 3 atom stereocenters. The van der Waals surface area contributed by atoms with Crippen molar-refractivity contribution < 1.29 is 28.8 Å². The highest BCUT2D eigenvalue weighted by Crippen LogP contribution is 2.27. The highest BCUT2D eigenvalue weighted by atomic mass is 16.7. The summed E-state index contributed by atoms with van der Waals surface area (Å²) >= 11 is 0. The molecule has 2 fully saturated rings. The minimum atomic E-state index is -1.38. The predicted molar refractivity (Wildman–Crippen MR) is 142 cm³/mol. The van der Waals surface area contributed by atoms with E-state index in [9.17, 15) is 19.2 Å². The maximum absolute atomic E-state index is 13.7. The normalized spacial score (nSPS) is 30.2. The van der Waals surface area contributed by atoms with E-state index in [1.54, 1.807) is 34.6 Å². The molecule has 1 aromatic rings. The maximum Gasteiger partial charge on any atom is 0.331 e. The molecule has 0 radical (unpaired) electrons. The number of benzene rings is 1.